The molecule has 0 spiro atoms. The molecule has 1 fully saturated rings. The molecular formula is C29H28N4O3. The number of carbonyl (C=O) groups is 1. The largest absolute Gasteiger partial charge is 0.453 e. The number of hydrogen-bond acceptors (Lipinski definition) is 5. The molecule has 1 amide bonds. The maximum absolute atomic E-state index is 13.6. The maximum atomic E-state index is 13.6. The van der Waals surface area contributed by atoms with Crippen LogP contribution >= 0.6 is 0 Å². The molecule has 0 radical (unpaired) electrons. The Kier molecular flexibility index (Phi) is 6.54. The van der Waals surface area contributed by atoms with E-state index in [1.54, 1.807) is 12.1 Å². The SMILES string of the molecule is Cc1cccc(Oc2cnn(-c3ccccc3)c(=O)c2Nc2cccc(C(=O)N3CCCC3)c2)c1C. The highest BCUT2D eigenvalue weighted by atomic mass is 16.5. The first-order valence-electron chi connectivity index (χ1n) is 12.1. The second-order valence-electron chi connectivity index (χ2n) is 8.94. The van der Waals surface area contributed by atoms with Crippen molar-refractivity contribution in [2.75, 3.05) is 18.4 Å². The van der Waals surface area contributed by atoms with Gasteiger partial charge in [-0.15, -0.1) is 0 Å². The lowest BCUT2D eigenvalue weighted by atomic mass is 10.1. The van der Waals surface area contributed by atoms with Crippen LogP contribution in [0.3, 0.4) is 0 Å². The fourth-order valence-electron chi connectivity index (χ4n) is 4.31. The fraction of sp³-hybridized carbons (Fsp3) is 0.207. The Morgan fingerprint density at radius 1 is 0.917 bits per heavy atom. The average Bonchev–Trinajstić information content (AvgIpc) is 3.44. The third-order valence-electron chi connectivity index (χ3n) is 6.49. The predicted molar refractivity (Wildman–Crippen MR) is 141 cm³/mol. The zero-order valence-corrected chi connectivity index (χ0v) is 20.4. The molecule has 1 saturated heterocycles. The summed E-state index contributed by atoms with van der Waals surface area (Å²) >= 11 is 0. The maximum Gasteiger partial charge on any atom is 0.299 e. The quantitative estimate of drug-likeness (QED) is 0.388. The molecule has 0 unspecified atom stereocenters. The molecule has 7 heteroatoms. The fourth-order valence-corrected chi connectivity index (χ4v) is 4.31. The molecule has 7 nitrogen and oxygen atoms in total. The molecule has 0 aliphatic carbocycles. The van der Waals surface area contributed by atoms with Gasteiger partial charge >= 0.3 is 0 Å². The topological polar surface area (TPSA) is 76.5 Å². The second kappa shape index (κ2) is 10.1. The number of aromatic nitrogens is 2. The number of hydrogen-bond donors (Lipinski definition) is 1. The summed E-state index contributed by atoms with van der Waals surface area (Å²) in [6, 6.07) is 22.2. The number of nitrogens with one attached hydrogen (secondary N) is 1. The van der Waals surface area contributed by atoms with Crippen LogP contribution in [-0.2, 0) is 0 Å². The van der Waals surface area contributed by atoms with Crippen LogP contribution in [0, 0.1) is 13.8 Å². The minimum Gasteiger partial charge on any atom is -0.453 e. The van der Waals surface area contributed by atoms with Crippen LogP contribution in [0.15, 0.2) is 83.8 Å². The normalized spacial score (nSPS) is 13.0. The predicted octanol–water partition coefficient (Wildman–Crippen LogP) is 5.62. The van der Waals surface area contributed by atoms with E-state index in [-0.39, 0.29) is 17.2 Å². The van der Waals surface area contributed by atoms with Crippen LogP contribution in [0.4, 0.5) is 11.4 Å². The van der Waals surface area contributed by atoms with Gasteiger partial charge in [-0.05, 0) is 74.2 Å². The van der Waals surface area contributed by atoms with E-state index in [4.69, 9.17) is 4.74 Å². The lowest BCUT2D eigenvalue weighted by Gasteiger charge is -2.17. The highest BCUT2D eigenvalue weighted by Gasteiger charge is 2.21. The van der Waals surface area contributed by atoms with E-state index in [1.807, 2.05) is 79.4 Å². The molecule has 2 heterocycles. The molecule has 0 bridgehead atoms. The molecule has 5 rings (SSSR count). The van der Waals surface area contributed by atoms with Crippen molar-refractivity contribution in [1.29, 1.82) is 0 Å². The summed E-state index contributed by atoms with van der Waals surface area (Å²) in [6.45, 7) is 5.53. The number of ether oxygens (including phenoxy) is 1. The van der Waals surface area contributed by atoms with E-state index in [2.05, 4.69) is 10.4 Å². The first-order valence-corrected chi connectivity index (χ1v) is 12.1. The third kappa shape index (κ3) is 4.73. The minimum absolute atomic E-state index is 0.000524. The number of anilines is 2. The van der Waals surface area contributed by atoms with E-state index in [9.17, 15) is 9.59 Å². The molecule has 36 heavy (non-hydrogen) atoms. The van der Waals surface area contributed by atoms with E-state index in [1.165, 1.54) is 10.9 Å². The Morgan fingerprint density at radius 3 is 2.44 bits per heavy atom. The summed E-state index contributed by atoms with van der Waals surface area (Å²) in [5.74, 6) is 0.950. The van der Waals surface area contributed by atoms with Gasteiger partial charge in [-0.2, -0.15) is 9.78 Å². The van der Waals surface area contributed by atoms with Crippen molar-refractivity contribution in [3.63, 3.8) is 0 Å². The van der Waals surface area contributed by atoms with Crippen molar-refractivity contribution >= 4 is 17.3 Å². The smallest absolute Gasteiger partial charge is 0.299 e. The number of rotatable bonds is 6. The van der Waals surface area contributed by atoms with Crippen molar-refractivity contribution in [3.05, 3.63) is 106 Å². The zero-order chi connectivity index (χ0) is 25.1. The summed E-state index contributed by atoms with van der Waals surface area (Å²) in [4.78, 5) is 28.4. The van der Waals surface area contributed by atoms with Crippen molar-refractivity contribution in [3.8, 4) is 17.2 Å². The summed E-state index contributed by atoms with van der Waals surface area (Å²) in [5, 5.41) is 7.60. The summed E-state index contributed by atoms with van der Waals surface area (Å²) in [7, 11) is 0. The van der Waals surface area contributed by atoms with Crippen molar-refractivity contribution < 1.29 is 9.53 Å². The average molecular weight is 481 g/mol. The number of benzene rings is 3. The molecule has 1 aromatic heterocycles. The van der Waals surface area contributed by atoms with Crippen molar-refractivity contribution in [2.45, 2.75) is 26.7 Å². The van der Waals surface area contributed by atoms with Crippen LogP contribution in [0.25, 0.3) is 5.69 Å². The van der Waals surface area contributed by atoms with Crippen LogP contribution in [0.1, 0.15) is 34.3 Å². The van der Waals surface area contributed by atoms with Crippen molar-refractivity contribution in [2.24, 2.45) is 0 Å². The zero-order valence-electron chi connectivity index (χ0n) is 20.4. The Hall–Kier alpha value is -4.39. The van der Waals surface area contributed by atoms with Crippen LogP contribution in [0.2, 0.25) is 0 Å². The monoisotopic (exact) mass is 480 g/mol. The van der Waals surface area contributed by atoms with E-state index >= 15 is 0 Å². The number of para-hydroxylation sites is 1. The second-order valence-corrected chi connectivity index (χ2v) is 8.94. The number of nitrogens with zero attached hydrogens (tertiary/aromatic N) is 3. The van der Waals surface area contributed by atoms with Crippen LogP contribution in [0.5, 0.6) is 11.5 Å². The lowest BCUT2D eigenvalue weighted by Crippen LogP contribution is -2.27. The molecule has 0 atom stereocenters. The van der Waals surface area contributed by atoms with E-state index < -0.39 is 0 Å². The molecule has 1 aliphatic rings. The van der Waals surface area contributed by atoms with Gasteiger partial charge in [-0.1, -0.05) is 36.4 Å². The standard InChI is InChI=1S/C29H28N4O3/c1-20-10-8-15-25(21(20)2)36-26-19-30-33(24-13-4-3-5-14-24)29(35)27(26)31-23-12-9-11-22(18-23)28(34)32-16-6-7-17-32/h3-5,8-15,18-19,31H,6-7,16-17H2,1-2H3. The molecule has 3 aromatic carbocycles. The number of amides is 1. The minimum atomic E-state index is -0.361. The molecule has 1 aliphatic heterocycles. The van der Waals surface area contributed by atoms with Gasteiger partial charge in [0.2, 0.25) is 0 Å². The molecular weight excluding hydrogens is 452 g/mol. The summed E-state index contributed by atoms with van der Waals surface area (Å²) in [6.07, 6.45) is 3.59. The third-order valence-corrected chi connectivity index (χ3v) is 6.49. The Balaban J connectivity index is 1.55. The van der Waals surface area contributed by atoms with Crippen molar-refractivity contribution in [1.82, 2.24) is 14.7 Å². The first kappa shape index (κ1) is 23.4. The first-order chi connectivity index (χ1) is 17.5. The van der Waals surface area contributed by atoms with Gasteiger partial charge in [-0.25, -0.2) is 0 Å². The van der Waals surface area contributed by atoms with Gasteiger partial charge in [-0.3, -0.25) is 9.59 Å². The number of carbonyl (C=O) groups excluding carboxylic acids is 1. The number of likely N-dealkylation sites (tertiary alicyclic amines) is 1. The highest BCUT2D eigenvalue weighted by Crippen LogP contribution is 2.32. The number of aryl methyl sites for hydroxylation is 1. The Morgan fingerprint density at radius 2 is 1.67 bits per heavy atom. The molecule has 1 N–H and O–H groups in total. The van der Waals surface area contributed by atoms with Gasteiger partial charge in [0.05, 0.1) is 11.9 Å². The lowest BCUT2D eigenvalue weighted by molar-refractivity contribution is 0.0793. The summed E-state index contributed by atoms with van der Waals surface area (Å²) in [5.41, 5.74) is 3.78. The van der Waals surface area contributed by atoms with Crippen LogP contribution < -0.4 is 15.6 Å². The van der Waals surface area contributed by atoms with Gasteiger partial charge in [0.1, 0.15) is 5.75 Å². The van der Waals surface area contributed by atoms with Gasteiger partial charge in [0, 0.05) is 24.3 Å². The Labute approximate surface area is 210 Å². The molecule has 0 saturated carbocycles. The van der Waals surface area contributed by atoms with E-state index in [0.717, 1.165) is 37.1 Å². The van der Waals surface area contributed by atoms with Crippen LogP contribution in [-0.4, -0.2) is 33.7 Å². The van der Waals surface area contributed by atoms with Gasteiger partial charge < -0.3 is 15.0 Å². The van der Waals surface area contributed by atoms with Gasteiger partial charge in [0.25, 0.3) is 11.5 Å². The summed E-state index contributed by atoms with van der Waals surface area (Å²) < 4.78 is 7.54. The van der Waals surface area contributed by atoms with Gasteiger partial charge in [0.15, 0.2) is 11.4 Å². The molecule has 4 aromatic rings. The highest BCUT2D eigenvalue weighted by molar-refractivity contribution is 5.95. The Bertz CT molecular complexity index is 1460. The van der Waals surface area contributed by atoms with E-state index in [0.29, 0.717) is 28.4 Å². The molecule has 182 valence electrons.